The summed E-state index contributed by atoms with van der Waals surface area (Å²) in [6.45, 7) is 5.30. The van der Waals surface area contributed by atoms with E-state index in [9.17, 15) is 8.78 Å². The van der Waals surface area contributed by atoms with E-state index < -0.39 is 0 Å². The first-order valence-electron chi connectivity index (χ1n) is 6.87. The number of rotatable bonds is 5. The molecule has 0 aliphatic rings. The first kappa shape index (κ1) is 14.7. The molecule has 0 amide bonds. The molecule has 2 aromatic rings. The van der Waals surface area contributed by atoms with Gasteiger partial charge in [0.25, 0.3) is 0 Å². The number of aryl methyl sites for hydroxylation is 1. The van der Waals surface area contributed by atoms with Crippen LogP contribution in [0.15, 0.2) is 36.4 Å². The molecule has 1 nitrogen and oxygen atoms in total. The molecule has 0 atom stereocenters. The van der Waals surface area contributed by atoms with Gasteiger partial charge in [0.2, 0.25) is 0 Å². The Kier molecular flexibility index (Phi) is 4.85. The highest BCUT2D eigenvalue weighted by molar-refractivity contribution is 5.65. The van der Waals surface area contributed by atoms with Gasteiger partial charge in [-0.25, -0.2) is 8.78 Å². The van der Waals surface area contributed by atoms with E-state index in [4.69, 9.17) is 0 Å². The zero-order valence-corrected chi connectivity index (χ0v) is 11.8. The van der Waals surface area contributed by atoms with Crippen molar-refractivity contribution < 1.29 is 8.78 Å². The van der Waals surface area contributed by atoms with Gasteiger partial charge in [0.15, 0.2) is 0 Å². The zero-order chi connectivity index (χ0) is 14.5. The topological polar surface area (TPSA) is 12.0 Å². The van der Waals surface area contributed by atoms with E-state index in [1.807, 2.05) is 6.92 Å². The average Bonchev–Trinajstić information content (AvgIpc) is 2.43. The van der Waals surface area contributed by atoms with Crippen LogP contribution in [0.25, 0.3) is 11.1 Å². The second-order valence-electron chi connectivity index (χ2n) is 4.97. The van der Waals surface area contributed by atoms with Gasteiger partial charge in [0, 0.05) is 17.7 Å². The van der Waals surface area contributed by atoms with Crippen LogP contribution >= 0.6 is 0 Å². The van der Waals surface area contributed by atoms with E-state index >= 15 is 0 Å². The Morgan fingerprint density at radius 2 is 1.80 bits per heavy atom. The van der Waals surface area contributed by atoms with Crippen molar-refractivity contribution in [3.05, 3.63) is 59.2 Å². The lowest BCUT2D eigenvalue weighted by atomic mass is 10.0. The summed E-state index contributed by atoms with van der Waals surface area (Å²) in [5.41, 5.74) is 2.57. The minimum atomic E-state index is -0.327. The average molecular weight is 275 g/mol. The summed E-state index contributed by atoms with van der Waals surface area (Å²) < 4.78 is 27.8. The first-order chi connectivity index (χ1) is 9.61. The molecule has 106 valence electrons. The molecule has 0 radical (unpaired) electrons. The molecule has 0 heterocycles. The summed E-state index contributed by atoms with van der Waals surface area (Å²) in [7, 11) is 0. The van der Waals surface area contributed by atoms with Crippen LogP contribution in [0.4, 0.5) is 8.78 Å². The van der Waals surface area contributed by atoms with Gasteiger partial charge in [0.05, 0.1) is 0 Å². The van der Waals surface area contributed by atoms with Crippen molar-refractivity contribution >= 4 is 0 Å². The SMILES string of the molecule is CCCNCc1ccc(-c2cc(C)ccc2F)cc1F. The lowest BCUT2D eigenvalue weighted by molar-refractivity contribution is 0.586. The van der Waals surface area contributed by atoms with Crippen LogP contribution in [0.5, 0.6) is 0 Å². The molecule has 0 aliphatic carbocycles. The Bertz CT molecular complexity index is 594. The predicted molar refractivity (Wildman–Crippen MR) is 78.5 cm³/mol. The maximum Gasteiger partial charge on any atom is 0.131 e. The van der Waals surface area contributed by atoms with E-state index in [0.717, 1.165) is 18.5 Å². The van der Waals surface area contributed by atoms with E-state index in [1.54, 1.807) is 24.3 Å². The summed E-state index contributed by atoms with van der Waals surface area (Å²) in [6.07, 6.45) is 1.01. The summed E-state index contributed by atoms with van der Waals surface area (Å²) >= 11 is 0. The fourth-order valence-corrected chi connectivity index (χ4v) is 2.12. The number of halogens is 2. The molecular formula is C17H19F2N. The van der Waals surface area contributed by atoms with Crippen molar-refractivity contribution in [3.63, 3.8) is 0 Å². The maximum atomic E-state index is 14.0. The molecule has 0 spiro atoms. The van der Waals surface area contributed by atoms with Crippen molar-refractivity contribution in [2.75, 3.05) is 6.54 Å². The maximum absolute atomic E-state index is 14.0. The molecule has 1 N–H and O–H groups in total. The van der Waals surface area contributed by atoms with Crippen LogP contribution < -0.4 is 5.32 Å². The molecule has 0 aromatic heterocycles. The molecule has 0 saturated carbocycles. The number of hydrogen-bond donors (Lipinski definition) is 1. The summed E-state index contributed by atoms with van der Waals surface area (Å²) in [6, 6.07) is 9.75. The Balaban J connectivity index is 2.26. The highest BCUT2D eigenvalue weighted by atomic mass is 19.1. The van der Waals surface area contributed by atoms with E-state index in [2.05, 4.69) is 12.2 Å². The third kappa shape index (κ3) is 3.42. The quantitative estimate of drug-likeness (QED) is 0.795. The zero-order valence-electron chi connectivity index (χ0n) is 11.8. The third-order valence-electron chi connectivity index (χ3n) is 3.23. The second kappa shape index (κ2) is 6.62. The summed E-state index contributed by atoms with van der Waals surface area (Å²) in [4.78, 5) is 0. The fourth-order valence-electron chi connectivity index (χ4n) is 2.12. The molecule has 3 heteroatoms. The van der Waals surface area contributed by atoms with Crippen LogP contribution in [0.3, 0.4) is 0 Å². The van der Waals surface area contributed by atoms with Gasteiger partial charge < -0.3 is 5.32 Å². The van der Waals surface area contributed by atoms with Crippen molar-refractivity contribution in [2.45, 2.75) is 26.8 Å². The molecule has 0 aliphatic heterocycles. The van der Waals surface area contributed by atoms with Crippen LogP contribution in [-0.4, -0.2) is 6.54 Å². The minimum Gasteiger partial charge on any atom is -0.313 e. The molecule has 0 fully saturated rings. The van der Waals surface area contributed by atoms with E-state index in [-0.39, 0.29) is 11.6 Å². The molecular weight excluding hydrogens is 256 g/mol. The van der Waals surface area contributed by atoms with Crippen LogP contribution in [0.1, 0.15) is 24.5 Å². The number of hydrogen-bond acceptors (Lipinski definition) is 1. The van der Waals surface area contributed by atoms with Gasteiger partial charge in [-0.05, 0) is 43.7 Å². The molecule has 20 heavy (non-hydrogen) atoms. The molecule has 2 aromatic carbocycles. The van der Waals surface area contributed by atoms with Crippen LogP contribution in [0.2, 0.25) is 0 Å². The fraction of sp³-hybridized carbons (Fsp3) is 0.294. The normalized spacial score (nSPS) is 10.8. The van der Waals surface area contributed by atoms with Crippen molar-refractivity contribution in [2.24, 2.45) is 0 Å². The summed E-state index contributed by atoms with van der Waals surface area (Å²) in [5, 5.41) is 3.16. The van der Waals surface area contributed by atoms with E-state index in [0.29, 0.717) is 23.2 Å². The Labute approximate surface area is 118 Å². The smallest absolute Gasteiger partial charge is 0.131 e. The monoisotopic (exact) mass is 275 g/mol. The Morgan fingerprint density at radius 3 is 2.50 bits per heavy atom. The Morgan fingerprint density at radius 1 is 1.00 bits per heavy atom. The molecule has 0 bridgehead atoms. The van der Waals surface area contributed by atoms with Crippen molar-refractivity contribution in [3.8, 4) is 11.1 Å². The summed E-state index contributed by atoms with van der Waals surface area (Å²) in [5.74, 6) is -0.626. The minimum absolute atomic E-state index is 0.299. The van der Waals surface area contributed by atoms with Crippen molar-refractivity contribution in [1.29, 1.82) is 0 Å². The predicted octanol–water partition coefficient (Wildman–Crippen LogP) is 4.44. The highest BCUT2D eigenvalue weighted by Crippen LogP contribution is 2.25. The van der Waals surface area contributed by atoms with E-state index in [1.165, 1.54) is 12.1 Å². The van der Waals surface area contributed by atoms with Gasteiger partial charge in [0.1, 0.15) is 11.6 Å². The molecule has 0 saturated heterocycles. The van der Waals surface area contributed by atoms with Crippen LogP contribution in [0, 0.1) is 18.6 Å². The van der Waals surface area contributed by atoms with Crippen molar-refractivity contribution in [1.82, 2.24) is 5.32 Å². The van der Waals surface area contributed by atoms with Crippen LogP contribution in [-0.2, 0) is 6.54 Å². The van der Waals surface area contributed by atoms with Gasteiger partial charge in [-0.3, -0.25) is 0 Å². The Hall–Kier alpha value is -1.74. The lowest BCUT2D eigenvalue weighted by Gasteiger charge is -2.09. The first-order valence-corrected chi connectivity index (χ1v) is 6.87. The third-order valence-corrected chi connectivity index (χ3v) is 3.23. The number of nitrogens with one attached hydrogen (secondary N) is 1. The van der Waals surface area contributed by atoms with Gasteiger partial charge in [-0.2, -0.15) is 0 Å². The van der Waals surface area contributed by atoms with Gasteiger partial charge >= 0.3 is 0 Å². The van der Waals surface area contributed by atoms with Gasteiger partial charge in [-0.1, -0.05) is 30.7 Å². The second-order valence-corrected chi connectivity index (χ2v) is 4.97. The highest BCUT2D eigenvalue weighted by Gasteiger charge is 2.09. The lowest BCUT2D eigenvalue weighted by Crippen LogP contribution is -2.14. The van der Waals surface area contributed by atoms with Gasteiger partial charge in [-0.15, -0.1) is 0 Å². The standard InChI is InChI=1S/C17H19F2N/c1-3-8-20-11-14-6-5-13(10-17(14)19)15-9-12(2)4-7-16(15)18/h4-7,9-10,20H,3,8,11H2,1-2H3. The largest absolute Gasteiger partial charge is 0.313 e. The molecule has 0 unspecified atom stereocenters. The number of benzene rings is 2. The molecule has 2 rings (SSSR count).